The molecule has 8 heteroatoms. The third kappa shape index (κ3) is 2.52. The molecule has 2 aromatic heterocycles. The highest BCUT2D eigenvalue weighted by molar-refractivity contribution is 6.31. The lowest BCUT2D eigenvalue weighted by Crippen LogP contribution is -2.07. The summed E-state index contributed by atoms with van der Waals surface area (Å²) in [6, 6.07) is 3.37. The molecule has 0 amide bonds. The van der Waals surface area contributed by atoms with E-state index < -0.39 is 6.09 Å². The molecule has 2 heterocycles. The van der Waals surface area contributed by atoms with E-state index in [9.17, 15) is 4.79 Å². The van der Waals surface area contributed by atoms with Crippen molar-refractivity contribution in [2.75, 3.05) is 13.2 Å². The molecule has 0 aliphatic heterocycles. The Morgan fingerprint density at radius 1 is 1.60 bits per heavy atom. The monoisotopic (exact) mass is 295 g/mol. The molecule has 0 unspecified atom stereocenters. The SMILES string of the molecule is N#CCc1cn(C(=O)O)c2cc(OCCO)c(Cl)nc12. The van der Waals surface area contributed by atoms with Crippen molar-refractivity contribution in [1.29, 1.82) is 5.26 Å². The smallest absolute Gasteiger partial charge is 0.416 e. The Morgan fingerprint density at radius 2 is 2.35 bits per heavy atom. The van der Waals surface area contributed by atoms with Gasteiger partial charge in [0.25, 0.3) is 0 Å². The van der Waals surface area contributed by atoms with E-state index in [2.05, 4.69) is 4.98 Å². The van der Waals surface area contributed by atoms with Crippen LogP contribution in [0.1, 0.15) is 5.56 Å². The number of fused-ring (bicyclic) bond motifs is 1. The maximum Gasteiger partial charge on any atom is 0.416 e. The Bertz CT molecular complexity index is 705. The molecule has 0 saturated carbocycles. The lowest BCUT2D eigenvalue weighted by Gasteiger charge is -2.07. The first-order chi connectivity index (χ1) is 9.58. The van der Waals surface area contributed by atoms with Gasteiger partial charge in [-0.3, -0.25) is 4.57 Å². The zero-order chi connectivity index (χ0) is 14.7. The summed E-state index contributed by atoms with van der Waals surface area (Å²) < 4.78 is 6.14. The molecule has 0 radical (unpaired) electrons. The van der Waals surface area contributed by atoms with Gasteiger partial charge in [-0.2, -0.15) is 5.26 Å². The molecule has 0 saturated heterocycles. The minimum atomic E-state index is -1.20. The van der Waals surface area contributed by atoms with Crippen LogP contribution in [0.25, 0.3) is 11.0 Å². The molecule has 0 fully saturated rings. The van der Waals surface area contributed by atoms with Gasteiger partial charge in [-0.25, -0.2) is 9.78 Å². The third-order valence-corrected chi connectivity index (χ3v) is 2.87. The average molecular weight is 296 g/mol. The second-order valence-corrected chi connectivity index (χ2v) is 4.22. The molecule has 2 aromatic rings. The van der Waals surface area contributed by atoms with Crippen molar-refractivity contribution in [3.8, 4) is 11.8 Å². The van der Waals surface area contributed by atoms with Gasteiger partial charge < -0.3 is 14.9 Å². The summed E-state index contributed by atoms with van der Waals surface area (Å²) in [7, 11) is 0. The minimum absolute atomic E-state index is 0.0196. The van der Waals surface area contributed by atoms with Crippen molar-refractivity contribution in [1.82, 2.24) is 9.55 Å². The first kappa shape index (κ1) is 14.1. The fourth-order valence-electron chi connectivity index (χ4n) is 1.80. The lowest BCUT2D eigenvalue weighted by molar-refractivity contribution is 0.197. The number of aliphatic hydroxyl groups excluding tert-OH is 1. The number of rotatable bonds is 4. The molecule has 0 aliphatic rings. The largest absolute Gasteiger partial charge is 0.488 e. The Balaban J connectivity index is 2.62. The van der Waals surface area contributed by atoms with Gasteiger partial charge in [0.1, 0.15) is 6.61 Å². The summed E-state index contributed by atoms with van der Waals surface area (Å²) in [5.74, 6) is 0.178. The first-order valence-corrected chi connectivity index (χ1v) is 6.00. The Kier molecular flexibility index (Phi) is 4.08. The molecule has 2 N–H and O–H groups in total. The second kappa shape index (κ2) is 5.77. The van der Waals surface area contributed by atoms with Crippen molar-refractivity contribution >= 4 is 28.7 Å². The number of hydrogen-bond donors (Lipinski definition) is 2. The van der Waals surface area contributed by atoms with Crippen molar-refractivity contribution in [3.63, 3.8) is 0 Å². The first-order valence-electron chi connectivity index (χ1n) is 5.63. The van der Waals surface area contributed by atoms with Gasteiger partial charge in [-0.1, -0.05) is 11.6 Å². The number of carboxylic acid groups (broad SMARTS) is 1. The number of nitriles is 1. The Labute approximate surface area is 118 Å². The molecule has 104 valence electrons. The summed E-state index contributed by atoms with van der Waals surface area (Å²) in [6.45, 7) is -0.181. The molecule has 0 aliphatic carbocycles. The predicted molar refractivity (Wildman–Crippen MR) is 70.1 cm³/mol. The van der Waals surface area contributed by atoms with E-state index in [1.54, 1.807) is 0 Å². The molecular weight excluding hydrogens is 286 g/mol. The van der Waals surface area contributed by atoms with Gasteiger partial charge in [0.05, 0.1) is 30.1 Å². The van der Waals surface area contributed by atoms with Crippen molar-refractivity contribution in [2.24, 2.45) is 0 Å². The standard InChI is InChI=1S/C12H10ClN3O4/c13-11-9(20-4-3-17)5-8-10(15-11)7(1-2-14)6-16(8)12(18)19/h5-6,17H,1,3-4H2,(H,18,19). The predicted octanol–water partition coefficient (Wildman–Crippen LogP) is 1.65. The molecule has 0 bridgehead atoms. The molecule has 20 heavy (non-hydrogen) atoms. The quantitative estimate of drug-likeness (QED) is 0.830. The maximum atomic E-state index is 11.2. The van der Waals surface area contributed by atoms with Crippen molar-refractivity contribution < 1.29 is 19.7 Å². The molecular formula is C12H10ClN3O4. The fraction of sp³-hybridized carbons (Fsp3) is 0.250. The number of carbonyl (C=O) groups is 1. The lowest BCUT2D eigenvalue weighted by atomic mass is 10.2. The molecule has 7 nitrogen and oxygen atoms in total. The van der Waals surface area contributed by atoms with Gasteiger partial charge in [-0.15, -0.1) is 0 Å². The van der Waals surface area contributed by atoms with E-state index in [-0.39, 0.29) is 36.1 Å². The minimum Gasteiger partial charge on any atom is -0.488 e. The van der Waals surface area contributed by atoms with Gasteiger partial charge in [0.15, 0.2) is 10.9 Å². The van der Waals surface area contributed by atoms with Gasteiger partial charge >= 0.3 is 6.09 Å². The normalized spacial score (nSPS) is 10.4. The van der Waals surface area contributed by atoms with E-state index >= 15 is 0 Å². The highest BCUT2D eigenvalue weighted by atomic mass is 35.5. The zero-order valence-electron chi connectivity index (χ0n) is 10.2. The van der Waals surface area contributed by atoms with Gasteiger partial charge in [-0.05, 0) is 0 Å². The van der Waals surface area contributed by atoms with E-state index in [1.165, 1.54) is 12.3 Å². The van der Waals surface area contributed by atoms with Crippen LogP contribution >= 0.6 is 11.6 Å². The second-order valence-electron chi connectivity index (χ2n) is 3.86. The summed E-state index contributed by atoms with van der Waals surface area (Å²) in [6.07, 6.45) is 0.156. The zero-order valence-corrected chi connectivity index (χ0v) is 11.0. The van der Waals surface area contributed by atoms with Crippen LogP contribution in [0, 0.1) is 11.3 Å². The van der Waals surface area contributed by atoms with Crippen LogP contribution in [0.5, 0.6) is 5.75 Å². The van der Waals surface area contributed by atoms with E-state index in [4.69, 9.17) is 31.8 Å². The molecule has 0 spiro atoms. The highest BCUT2D eigenvalue weighted by Gasteiger charge is 2.17. The van der Waals surface area contributed by atoms with Gasteiger partial charge in [0.2, 0.25) is 0 Å². The number of pyridine rings is 1. The number of ether oxygens (including phenoxy) is 1. The summed E-state index contributed by atoms with van der Waals surface area (Å²) in [5, 5.41) is 26.7. The van der Waals surface area contributed by atoms with Crippen LogP contribution in [-0.4, -0.2) is 39.1 Å². The van der Waals surface area contributed by atoms with Crippen LogP contribution in [0.15, 0.2) is 12.3 Å². The highest BCUT2D eigenvalue weighted by Crippen LogP contribution is 2.30. The number of aromatic nitrogens is 2. The number of hydrogen-bond acceptors (Lipinski definition) is 5. The summed E-state index contributed by atoms with van der Waals surface area (Å²) in [5.41, 5.74) is 1.09. The van der Waals surface area contributed by atoms with E-state index in [0.717, 1.165) is 4.57 Å². The van der Waals surface area contributed by atoms with Gasteiger partial charge in [0, 0.05) is 17.8 Å². The van der Waals surface area contributed by atoms with Crippen LogP contribution in [0.4, 0.5) is 4.79 Å². The third-order valence-electron chi connectivity index (χ3n) is 2.60. The van der Waals surface area contributed by atoms with Crippen LogP contribution < -0.4 is 4.74 Å². The van der Waals surface area contributed by atoms with Crippen LogP contribution in [0.3, 0.4) is 0 Å². The molecule has 2 rings (SSSR count). The maximum absolute atomic E-state index is 11.2. The number of halogens is 1. The van der Waals surface area contributed by atoms with E-state index in [1.807, 2.05) is 6.07 Å². The summed E-state index contributed by atoms with van der Waals surface area (Å²) in [4.78, 5) is 15.3. The summed E-state index contributed by atoms with van der Waals surface area (Å²) >= 11 is 5.94. The Hall–Kier alpha value is -2.30. The molecule has 0 atom stereocenters. The van der Waals surface area contributed by atoms with Crippen LogP contribution in [-0.2, 0) is 6.42 Å². The molecule has 0 aromatic carbocycles. The van der Waals surface area contributed by atoms with Crippen LogP contribution in [0.2, 0.25) is 5.15 Å². The number of aliphatic hydroxyl groups is 1. The number of nitrogens with zero attached hydrogens (tertiary/aromatic N) is 3. The fourth-order valence-corrected chi connectivity index (χ4v) is 1.99. The average Bonchev–Trinajstić information content (AvgIpc) is 2.75. The van der Waals surface area contributed by atoms with Crippen molar-refractivity contribution in [2.45, 2.75) is 6.42 Å². The Morgan fingerprint density at radius 3 is 2.95 bits per heavy atom. The topological polar surface area (TPSA) is 108 Å². The van der Waals surface area contributed by atoms with E-state index in [0.29, 0.717) is 11.1 Å². The van der Waals surface area contributed by atoms with Crippen molar-refractivity contribution in [3.05, 3.63) is 23.0 Å².